The Balaban J connectivity index is 2.21. The summed E-state index contributed by atoms with van der Waals surface area (Å²) in [5, 5.41) is 38.0. The van der Waals surface area contributed by atoms with Crippen LogP contribution in [0.3, 0.4) is 0 Å². The highest BCUT2D eigenvalue weighted by Gasteiger charge is 2.43. The van der Waals surface area contributed by atoms with Gasteiger partial charge in [0, 0.05) is 6.61 Å². The summed E-state index contributed by atoms with van der Waals surface area (Å²) < 4.78 is 10.6. The molecule has 6 heteroatoms. The van der Waals surface area contributed by atoms with E-state index in [2.05, 4.69) is 6.92 Å². The van der Waals surface area contributed by atoms with E-state index in [0.717, 1.165) is 19.3 Å². The summed E-state index contributed by atoms with van der Waals surface area (Å²) in [4.78, 5) is 0. The molecule has 1 saturated heterocycles. The zero-order valence-electron chi connectivity index (χ0n) is 12.1. The van der Waals surface area contributed by atoms with Gasteiger partial charge in [-0.05, 0) is 6.42 Å². The van der Waals surface area contributed by atoms with E-state index < -0.39 is 37.3 Å². The molecule has 0 bridgehead atoms. The predicted molar refractivity (Wildman–Crippen MR) is 73.1 cm³/mol. The van der Waals surface area contributed by atoms with Gasteiger partial charge in [-0.3, -0.25) is 0 Å². The van der Waals surface area contributed by atoms with E-state index in [-0.39, 0.29) is 0 Å². The van der Waals surface area contributed by atoms with Crippen LogP contribution in [0, 0.1) is 0 Å². The molecule has 20 heavy (non-hydrogen) atoms. The van der Waals surface area contributed by atoms with Crippen LogP contribution in [-0.4, -0.2) is 64.3 Å². The summed E-state index contributed by atoms with van der Waals surface area (Å²) in [7, 11) is 0. The van der Waals surface area contributed by atoms with Crippen LogP contribution < -0.4 is 0 Å². The van der Waals surface area contributed by atoms with Gasteiger partial charge in [0.2, 0.25) is 0 Å². The minimum Gasteiger partial charge on any atom is -0.394 e. The number of ether oxygens (including phenoxy) is 2. The van der Waals surface area contributed by atoms with Gasteiger partial charge in [-0.2, -0.15) is 0 Å². The van der Waals surface area contributed by atoms with Crippen LogP contribution in [0.1, 0.15) is 45.4 Å². The minimum atomic E-state index is -1.37. The number of aliphatic hydroxyl groups is 4. The van der Waals surface area contributed by atoms with Crippen molar-refractivity contribution in [2.24, 2.45) is 0 Å². The van der Waals surface area contributed by atoms with E-state index in [0.29, 0.717) is 6.61 Å². The second kappa shape index (κ2) is 9.65. The van der Waals surface area contributed by atoms with E-state index in [1.54, 1.807) is 0 Å². The Kier molecular flexibility index (Phi) is 8.60. The first-order valence-corrected chi connectivity index (χ1v) is 7.54. The van der Waals surface area contributed by atoms with Crippen molar-refractivity contribution in [2.75, 3.05) is 13.2 Å². The maximum atomic E-state index is 9.75. The third-order valence-electron chi connectivity index (χ3n) is 3.63. The molecule has 6 nitrogen and oxygen atoms in total. The topological polar surface area (TPSA) is 99.4 Å². The van der Waals surface area contributed by atoms with E-state index in [1.807, 2.05) is 0 Å². The number of aliphatic hydroxyl groups excluding tert-OH is 4. The highest BCUT2D eigenvalue weighted by Crippen LogP contribution is 2.22. The van der Waals surface area contributed by atoms with Gasteiger partial charge in [0.1, 0.15) is 24.4 Å². The molecule has 0 aromatic heterocycles. The predicted octanol–water partition coefficient (Wildman–Crippen LogP) is 0.163. The first-order valence-electron chi connectivity index (χ1n) is 7.54. The average Bonchev–Trinajstić information content (AvgIpc) is 2.46. The molecule has 120 valence electrons. The largest absolute Gasteiger partial charge is 0.394 e. The molecular weight excluding hydrogens is 264 g/mol. The Morgan fingerprint density at radius 3 is 2.20 bits per heavy atom. The summed E-state index contributed by atoms with van der Waals surface area (Å²) in [6.07, 6.45) is 0.851. The Morgan fingerprint density at radius 1 is 0.900 bits per heavy atom. The van der Waals surface area contributed by atoms with Gasteiger partial charge in [0.05, 0.1) is 6.61 Å². The molecule has 0 radical (unpaired) electrons. The standard InChI is InChI=1S/C14H28O6/c1-2-3-4-5-6-7-8-19-14-13(18)12(17)11(16)10(9-15)20-14/h10-18H,2-9H2,1H3/t10?,11-,12-,13?,14-/m1/s1. The molecule has 4 N–H and O–H groups in total. The van der Waals surface area contributed by atoms with Crippen molar-refractivity contribution in [3.63, 3.8) is 0 Å². The molecule has 1 heterocycles. The normalized spacial score (nSPS) is 34.4. The van der Waals surface area contributed by atoms with Crippen molar-refractivity contribution in [3.05, 3.63) is 0 Å². The molecule has 2 unspecified atom stereocenters. The molecule has 0 spiro atoms. The second-order valence-electron chi connectivity index (χ2n) is 5.34. The third-order valence-corrected chi connectivity index (χ3v) is 3.63. The van der Waals surface area contributed by atoms with Gasteiger partial charge in [-0.15, -0.1) is 0 Å². The van der Waals surface area contributed by atoms with Crippen LogP contribution in [0.5, 0.6) is 0 Å². The monoisotopic (exact) mass is 292 g/mol. The van der Waals surface area contributed by atoms with Crippen LogP contribution in [0.15, 0.2) is 0 Å². The molecule has 1 rings (SSSR count). The quantitative estimate of drug-likeness (QED) is 0.452. The van der Waals surface area contributed by atoms with E-state index in [4.69, 9.17) is 14.6 Å². The summed E-state index contributed by atoms with van der Waals surface area (Å²) in [6, 6.07) is 0. The summed E-state index contributed by atoms with van der Waals surface area (Å²) in [6.45, 7) is 2.17. The molecule has 0 aliphatic carbocycles. The summed E-state index contributed by atoms with van der Waals surface area (Å²) in [5.74, 6) is 0. The number of rotatable bonds is 9. The molecule has 0 saturated carbocycles. The fraction of sp³-hybridized carbons (Fsp3) is 1.00. The molecule has 1 aliphatic rings. The third kappa shape index (κ3) is 5.27. The fourth-order valence-electron chi connectivity index (χ4n) is 2.29. The number of unbranched alkanes of at least 4 members (excludes halogenated alkanes) is 5. The Hall–Kier alpha value is -0.240. The highest BCUT2D eigenvalue weighted by molar-refractivity contribution is 4.88. The van der Waals surface area contributed by atoms with Crippen LogP contribution in [0.4, 0.5) is 0 Å². The van der Waals surface area contributed by atoms with E-state index >= 15 is 0 Å². The molecule has 0 aromatic carbocycles. The molecule has 1 aliphatic heterocycles. The lowest BCUT2D eigenvalue weighted by Gasteiger charge is -2.39. The van der Waals surface area contributed by atoms with Crippen molar-refractivity contribution >= 4 is 0 Å². The van der Waals surface area contributed by atoms with Crippen molar-refractivity contribution in [2.45, 2.75) is 76.2 Å². The maximum Gasteiger partial charge on any atom is 0.186 e. The average molecular weight is 292 g/mol. The highest BCUT2D eigenvalue weighted by atomic mass is 16.7. The molecule has 1 fully saturated rings. The summed E-state index contributed by atoms with van der Waals surface area (Å²) >= 11 is 0. The van der Waals surface area contributed by atoms with Gasteiger partial charge in [0.15, 0.2) is 6.29 Å². The lowest BCUT2D eigenvalue weighted by Crippen LogP contribution is -2.59. The zero-order chi connectivity index (χ0) is 15.0. The van der Waals surface area contributed by atoms with Gasteiger partial charge >= 0.3 is 0 Å². The number of hydrogen-bond donors (Lipinski definition) is 4. The fourth-order valence-corrected chi connectivity index (χ4v) is 2.29. The SMILES string of the molecule is CCCCCCCCO[C@@H]1OC(CO)[C@@H](O)[C@@H](O)C1O. The van der Waals surface area contributed by atoms with Crippen LogP contribution >= 0.6 is 0 Å². The maximum absolute atomic E-state index is 9.75. The summed E-state index contributed by atoms with van der Waals surface area (Å²) in [5.41, 5.74) is 0. The van der Waals surface area contributed by atoms with Crippen molar-refractivity contribution in [1.82, 2.24) is 0 Å². The van der Waals surface area contributed by atoms with Crippen LogP contribution in [0.25, 0.3) is 0 Å². The first-order chi connectivity index (χ1) is 9.61. The first kappa shape index (κ1) is 17.8. The Morgan fingerprint density at radius 2 is 1.55 bits per heavy atom. The molecular formula is C14H28O6. The van der Waals surface area contributed by atoms with Crippen molar-refractivity contribution in [1.29, 1.82) is 0 Å². The van der Waals surface area contributed by atoms with Gasteiger partial charge in [0.25, 0.3) is 0 Å². The van der Waals surface area contributed by atoms with Gasteiger partial charge in [-0.1, -0.05) is 39.0 Å². The minimum absolute atomic E-state index is 0.425. The molecule has 5 atom stereocenters. The van der Waals surface area contributed by atoms with Gasteiger partial charge < -0.3 is 29.9 Å². The smallest absolute Gasteiger partial charge is 0.186 e. The molecule has 0 amide bonds. The second-order valence-corrected chi connectivity index (χ2v) is 5.34. The van der Waals surface area contributed by atoms with E-state index in [9.17, 15) is 15.3 Å². The molecule has 0 aromatic rings. The Labute approximate surface area is 120 Å². The van der Waals surface area contributed by atoms with Crippen LogP contribution in [-0.2, 0) is 9.47 Å². The number of hydrogen-bond acceptors (Lipinski definition) is 6. The lowest BCUT2D eigenvalue weighted by atomic mass is 9.99. The van der Waals surface area contributed by atoms with Crippen LogP contribution in [0.2, 0.25) is 0 Å². The van der Waals surface area contributed by atoms with E-state index in [1.165, 1.54) is 19.3 Å². The lowest BCUT2D eigenvalue weighted by molar-refractivity contribution is -0.301. The zero-order valence-corrected chi connectivity index (χ0v) is 12.1. The van der Waals surface area contributed by atoms with Crippen molar-refractivity contribution in [3.8, 4) is 0 Å². The van der Waals surface area contributed by atoms with Gasteiger partial charge in [-0.25, -0.2) is 0 Å². The van der Waals surface area contributed by atoms with Crippen molar-refractivity contribution < 1.29 is 29.9 Å². The Bertz CT molecular complexity index is 248.